The molecule has 1 aromatic heterocycles. The standard InChI is InChI=1S/C22H22N2O3S/c1-2-27-20(25)14-24-18-9-5-6-10-19(18)28-22(24)23-21(26)17-12-11-15-7-3-4-8-16(15)13-17/h5-6,9-13H,2-4,7-8,14H2,1H3. The van der Waals surface area contributed by atoms with E-state index in [2.05, 4.69) is 11.1 Å². The van der Waals surface area contributed by atoms with Crippen molar-refractivity contribution in [1.82, 2.24) is 4.57 Å². The number of aryl methyl sites for hydroxylation is 2. The Labute approximate surface area is 167 Å². The van der Waals surface area contributed by atoms with Gasteiger partial charge in [0.1, 0.15) is 6.54 Å². The fourth-order valence-corrected chi connectivity index (χ4v) is 4.64. The van der Waals surface area contributed by atoms with Crippen molar-refractivity contribution in [1.29, 1.82) is 0 Å². The third-order valence-electron chi connectivity index (χ3n) is 4.97. The second-order valence-electron chi connectivity index (χ2n) is 6.85. The summed E-state index contributed by atoms with van der Waals surface area (Å²) in [5.74, 6) is -0.619. The van der Waals surface area contributed by atoms with E-state index in [1.807, 2.05) is 36.4 Å². The van der Waals surface area contributed by atoms with E-state index in [0.29, 0.717) is 17.0 Å². The smallest absolute Gasteiger partial charge is 0.326 e. The van der Waals surface area contributed by atoms with Gasteiger partial charge in [-0.15, -0.1) is 0 Å². The van der Waals surface area contributed by atoms with E-state index in [4.69, 9.17) is 4.74 Å². The summed E-state index contributed by atoms with van der Waals surface area (Å²) in [4.78, 5) is 29.8. The Morgan fingerprint density at radius 2 is 1.89 bits per heavy atom. The summed E-state index contributed by atoms with van der Waals surface area (Å²) in [6, 6.07) is 13.6. The molecule has 0 saturated carbocycles. The SMILES string of the molecule is CCOC(=O)Cn1c(=NC(=O)c2ccc3c(c2)CCCC3)sc2ccccc21. The van der Waals surface area contributed by atoms with Crippen LogP contribution >= 0.6 is 11.3 Å². The molecule has 28 heavy (non-hydrogen) atoms. The van der Waals surface area contributed by atoms with Gasteiger partial charge in [-0.05, 0) is 68.0 Å². The van der Waals surface area contributed by atoms with Crippen LogP contribution in [0.1, 0.15) is 41.3 Å². The first-order valence-electron chi connectivity index (χ1n) is 9.60. The molecule has 1 amide bonds. The minimum atomic E-state index is -0.339. The monoisotopic (exact) mass is 394 g/mol. The fraction of sp³-hybridized carbons (Fsp3) is 0.318. The van der Waals surface area contributed by atoms with Crippen molar-refractivity contribution >= 4 is 33.4 Å². The van der Waals surface area contributed by atoms with Gasteiger partial charge in [0.25, 0.3) is 5.91 Å². The highest BCUT2D eigenvalue weighted by molar-refractivity contribution is 7.16. The number of hydrogen-bond donors (Lipinski definition) is 0. The zero-order valence-corrected chi connectivity index (χ0v) is 16.6. The molecule has 0 fully saturated rings. The predicted octanol–water partition coefficient (Wildman–Crippen LogP) is 3.89. The summed E-state index contributed by atoms with van der Waals surface area (Å²) in [6.45, 7) is 2.13. The van der Waals surface area contributed by atoms with Crippen LogP contribution in [0, 0.1) is 0 Å². The first kappa shape index (κ1) is 18.6. The molecule has 1 aliphatic carbocycles. The number of aromatic nitrogens is 1. The summed E-state index contributed by atoms with van der Waals surface area (Å²) in [5.41, 5.74) is 4.06. The van der Waals surface area contributed by atoms with Crippen molar-refractivity contribution in [2.24, 2.45) is 4.99 Å². The number of carbonyl (C=O) groups is 2. The predicted molar refractivity (Wildman–Crippen MR) is 109 cm³/mol. The molecule has 0 radical (unpaired) electrons. The van der Waals surface area contributed by atoms with Crippen molar-refractivity contribution in [3.63, 3.8) is 0 Å². The highest BCUT2D eigenvalue weighted by Gasteiger charge is 2.15. The molecule has 0 bridgehead atoms. The number of thiazole rings is 1. The molecule has 1 heterocycles. The van der Waals surface area contributed by atoms with Gasteiger partial charge in [-0.3, -0.25) is 9.59 Å². The normalized spacial score (nSPS) is 14.1. The second kappa shape index (κ2) is 8.10. The van der Waals surface area contributed by atoms with E-state index in [-0.39, 0.29) is 18.4 Å². The molecule has 144 valence electrons. The molecule has 0 aliphatic heterocycles. The molecule has 0 atom stereocenters. The maximum absolute atomic E-state index is 12.9. The number of fused-ring (bicyclic) bond motifs is 2. The summed E-state index contributed by atoms with van der Waals surface area (Å²) in [7, 11) is 0. The Kier molecular flexibility index (Phi) is 5.39. The molecule has 2 aromatic carbocycles. The summed E-state index contributed by atoms with van der Waals surface area (Å²) >= 11 is 1.40. The van der Waals surface area contributed by atoms with Crippen molar-refractivity contribution in [3.8, 4) is 0 Å². The lowest BCUT2D eigenvalue weighted by Crippen LogP contribution is -2.23. The second-order valence-corrected chi connectivity index (χ2v) is 7.86. The van der Waals surface area contributed by atoms with Crippen LogP contribution < -0.4 is 4.80 Å². The van der Waals surface area contributed by atoms with Crippen LogP contribution in [0.2, 0.25) is 0 Å². The largest absolute Gasteiger partial charge is 0.465 e. The molecule has 1 aliphatic rings. The maximum atomic E-state index is 12.9. The van der Waals surface area contributed by atoms with Gasteiger partial charge in [0.15, 0.2) is 4.80 Å². The van der Waals surface area contributed by atoms with Crippen LogP contribution in [-0.4, -0.2) is 23.1 Å². The number of rotatable bonds is 4. The Morgan fingerprint density at radius 1 is 1.11 bits per heavy atom. The van der Waals surface area contributed by atoms with Gasteiger partial charge >= 0.3 is 5.97 Å². The first-order chi connectivity index (χ1) is 13.7. The lowest BCUT2D eigenvalue weighted by Gasteiger charge is -2.15. The third kappa shape index (κ3) is 3.78. The number of ether oxygens (including phenoxy) is 1. The van der Waals surface area contributed by atoms with Gasteiger partial charge < -0.3 is 9.30 Å². The highest BCUT2D eigenvalue weighted by Crippen LogP contribution is 2.23. The minimum absolute atomic E-state index is 0.0359. The molecule has 5 nitrogen and oxygen atoms in total. The number of benzene rings is 2. The van der Waals surface area contributed by atoms with Gasteiger partial charge in [0.2, 0.25) is 0 Å². The zero-order chi connectivity index (χ0) is 19.5. The number of esters is 1. The van der Waals surface area contributed by atoms with Gasteiger partial charge in [-0.1, -0.05) is 29.5 Å². The van der Waals surface area contributed by atoms with E-state index >= 15 is 0 Å². The molecule has 0 spiro atoms. The number of para-hydroxylation sites is 1. The molecule has 0 saturated heterocycles. The Bertz CT molecular complexity index is 1110. The van der Waals surface area contributed by atoms with Crippen molar-refractivity contribution < 1.29 is 14.3 Å². The average molecular weight is 394 g/mol. The summed E-state index contributed by atoms with van der Waals surface area (Å²) in [6.07, 6.45) is 4.47. The number of hydrogen-bond acceptors (Lipinski definition) is 4. The van der Waals surface area contributed by atoms with Gasteiger partial charge in [-0.25, -0.2) is 0 Å². The van der Waals surface area contributed by atoms with Crippen LogP contribution in [0.4, 0.5) is 0 Å². The molecule has 6 heteroatoms. The topological polar surface area (TPSA) is 60.7 Å². The Hall–Kier alpha value is -2.73. The van der Waals surface area contributed by atoms with Gasteiger partial charge in [0, 0.05) is 5.56 Å². The van der Waals surface area contributed by atoms with E-state index in [9.17, 15) is 9.59 Å². The Morgan fingerprint density at radius 3 is 2.71 bits per heavy atom. The van der Waals surface area contributed by atoms with E-state index in [1.54, 1.807) is 11.5 Å². The molecule has 0 N–H and O–H groups in total. The first-order valence-corrected chi connectivity index (χ1v) is 10.4. The van der Waals surface area contributed by atoms with E-state index in [1.165, 1.54) is 28.9 Å². The summed E-state index contributed by atoms with van der Waals surface area (Å²) < 4.78 is 7.82. The zero-order valence-electron chi connectivity index (χ0n) is 15.8. The molecule has 0 unspecified atom stereocenters. The lowest BCUT2D eigenvalue weighted by atomic mass is 9.90. The van der Waals surface area contributed by atoms with Crippen LogP contribution in [0.3, 0.4) is 0 Å². The van der Waals surface area contributed by atoms with Crippen LogP contribution in [0.15, 0.2) is 47.5 Å². The van der Waals surface area contributed by atoms with Crippen LogP contribution in [0.5, 0.6) is 0 Å². The van der Waals surface area contributed by atoms with Gasteiger partial charge in [0.05, 0.1) is 16.8 Å². The minimum Gasteiger partial charge on any atom is -0.465 e. The van der Waals surface area contributed by atoms with Crippen LogP contribution in [-0.2, 0) is 28.9 Å². The number of nitrogens with zero attached hydrogens (tertiary/aromatic N) is 2. The highest BCUT2D eigenvalue weighted by atomic mass is 32.1. The molecular weight excluding hydrogens is 372 g/mol. The van der Waals surface area contributed by atoms with E-state index < -0.39 is 0 Å². The van der Waals surface area contributed by atoms with E-state index in [0.717, 1.165) is 29.5 Å². The maximum Gasteiger partial charge on any atom is 0.326 e. The molecular formula is C22H22N2O3S. The number of carbonyl (C=O) groups excluding carboxylic acids is 2. The van der Waals surface area contributed by atoms with Gasteiger partial charge in [-0.2, -0.15) is 4.99 Å². The third-order valence-corrected chi connectivity index (χ3v) is 6.03. The number of amides is 1. The fourth-order valence-electron chi connectivity index (χ4n) is 3.61. The molecule has 4 rings (SSSR count). The van der Waals surface area contributed by atoms with Crippen molar-refractivity contribution in [2.45, 2.75) is 39.2 Å². The van der Waals surface area contributed by atoms with Crippen molar-refractivity contribution in [2.75, 3.05) is 6.61 Å². The Balaban J connectivity index is 1.74. The lowest BCUT2D eigenvalue weighted by molar-refractivity contribution is -0.143. The summed E-state index contributed by atoms with van der Waals surface area (Å²) in [5, 5.41) is 0. The quantitative estimate of drug-likeness (QED) is 0.631. The van der Waals surface area contributed by atoms with Crippen LogP contribution in [0.25, 0.3) is 10.2 Å². The average Bonchev–Trinajstić information content (AvgIpc) is 3.05. The van der Waals surface area contributed by atoms with Crippen molar-refractivity contribution in [3.05, 3.63) is 64.0 Å². The molecule has 3 aromatic rings.